The van der Waals surface area contributed by atoms with E-state index in [-0.39, 0.29) is 4.90 Å². The number of nitrogens with one attached hydrogen (secondary N) is 3. The molecule has 2 aromatic heterocycles. The number of fused-ring (bicyclic) bond motifs is 1. The van der Waals surface area contributed by atoms with Crippen molar-refractivity contribution in [3.05, 3.63) is 42.7 Å². The van der Waals surface area contributed by atoms with Gasteiger partial charge in [-0.15, -0.1) is 5.10 Å². The quantitative estimate of drug-likeness (QED) is 0.422. The first-order valence-electron chi connectivity index (χ1n) is 10.7. The van der Waals surface area contributed by atoms with Gasteiger partial charge in [-0.2, -0.15) is 0 Å². The molecule has 1 fully saturated rings. The molecule has 0 amide bonds. The van der Waals surface area contributed by atoms with Crippen LogP contribution in [0, 0.1) is 0 Å². The van der Waals surface area contributed by atoms with Gasteiger partial charge in [0.1, 0.15) is 5.82 Å². The predicted octanol–water partition coefficient (Wildman–Crippen LogP) is 2.84. The molecule has 9 nitrogen and oxygen atoms in total. The summed E-state index contributed by atoms with van der Waals surface area (Å²) in [5, 5.41) is 11.5. The third-order valence-corrected chi connectivity index (χ3v) is 6.95. The molecule has 1 aromatic carbocycles. The highest BCUT2D eigenvalue weighted by atomic mass is 32.2. The Kier molecular flexibility index (Phi) is 6.40. The minimum atomic E-state index is -3.49. The molecule has 5 N–H and O–H groups in total. The monoisotopic (exact) mass is 443 g/mol. The number of nitrogens with zero attached hydrogens (tertiary/aromatic N) is 3. The van der Waals surface area contributed by atoms with Crippen LogP contribution in [-0.2, 0) is 10.0 Å². The molecule has 2 heterocycles. The van der Waals surface area contributed by atoms with Gasteiger partial charge in [-0.25, -0.2) is 22.6 Å². The summed E-state index contributed by atoms with van der Waals surface area (Å²) in [6, 6.07) is 9.25. The van der Waals surface area contributed by atoms with E-state index in [1.807, 2.05) is 13.0 Å². The molecule has 0 bridgehead atoms. The summed E-state index contributed by atoms with van der Waals surface area (Å²) in [5.41, 5.74) is 8.26. The molecule has 0 unspecified atom stereocenters. The molecule has 0 atom stereocenters. The molecule has 1 aliphatic rings. The molecule has 3 aromatic rings. The molecule has 0 radical (unpaired) electrons. The van der Waals surface area contributed by atoms with Crippen LogP contribution in [0.2, 0.25) is 0 Å². The summed E-state index contributed by atoms with van der Waals surface area (Å²) in [6.45, 7) is 2.34. The Morgan fingerprint density at radius 2 is 1.90 bits per heavy atom. The zero-order chi connectivity index (χ0) is 21.8. The molecular formula is C21H29N7O2S. The second-order valence-corrected chi connectivity index (χ2v) is 9.71. The first kappa shape index (κ1) is 21.5. The van der Waals surface area contributed by atoms with E-state index in [0.717, 1.165) is 49.3 Å². The zero-order valence-corrected chi connectivity index (χ0v) is 18.4. The lowest BCUT2D eigenvalue weighted by Crippen LogP contribution is -2.33. The van der Waals surface area contributed by atoms with Gasteiger partial charge in [-0.3, -0.25) is 0 Å². The molecule has 1 aliphatic carbocycles. The van der Waals surface area contributed by atoms with Crippen molar-refractivity contribution in [1.82, 2.24) is 19.3 Å². The van der Waals surface area contributed by atoms with Crippen LogP contribution in [0.25, 0.3) is 5.65 Å². The standard InChI is InChI=1S/C21H29N7O2S/c1-2-11-24-31(29,30)18-9-7-16(8-10-18)25-19-14-20(27-28-13-12-23-21(19)28)26-17-5-3-15(22)4-6-17/h7-10,12-15,17,24-25H,2-6,11,22H2,1H3,(H,26,27). The van der Waals surface area contributed by atoms with Crippen LogP contribution < -0.4 is 21.1 Å². The van der Waals surface area contributed by atoms with Crippen LogP contribution in [0.1, 0.15) is 39.0 Å². The topological polar surface area (TPSA) is 126 Å². The lowest BCUT2D eigenvalue weighted by molar-refractivity contribution is 0.410. The molecule has 0 aliphatic heterocycles. The van der Waals surface area contributed by atoms with Crippen LogP contribution >= 0.6 is 0 Å². The number of anilines is 3. The first-order chi connectivity index (χ1) is 14.9. The van der Waals surface area contributed by atoms with Crippen molar-refractivity contribution in [2.45, 2.75) is 56.0 Å². The highest BCUT2D eigenvalue weighted by molar-refractivity contribution is 7.89. The first-order valence-corrected chi connectivity index (χ1v) is 12.2. The lowest BCUT2D eigenvalue weighted by Gasteiger charge is -2.27. The fourth-order valence-corrected chi connectivity index (χ4v) is 4.88. The van der Waals surface area contributed by atoms with Crippen LogP contribution in [0.4, 0.5) is 17.2 Å². The SMILES string of the molecule is CCCNS(=O)(=O)c1ccc(Nc2cc(NC3CCC(N)CC3)nn3ccnc23)cc1. The lowest BCUT2D eigenvalue weighted by atomic mass is 9.92. The van der Waals surface area contributed by atoms with Crippen molar-refractivity contribution < 1.29 is 8.42 Å². The van der Waals surface area contributed by atoms with Crippen LogP contribution in [-0.4, -0.2) is 41.6 Å². The van der Waals surface area contributed by atoms with Gasteiger partial charge in [-0.05, 0) is 56.4 Å². The average Bonchev–Trinajstić information content (AvgIpc) is 3.23. The third-order valence-electron chi connectivity index (χ3n) is 5.47. The van der Waals surface area contributed by atoms with E-state index in [1.165, 1.54) is 0 Å². The number of hydrogen-bond acceptors (Lipinski definition) is 7. The highest BCUT2D eigenvalue weighted by Gasteiger charge is 2.19. The Morgan fingerprint density at radius 3 is 2.61 bits per heavy atom. The number of rotatable bonds is 8. The van der Waals surface area contributed by atoms with Crippen molar-refractivity contribution in [1.29, 1.82) is 0 Å². The van der Waals surface area contributed by atoms with E-state index in [1.54, 1.807) is 41.2 Å². The number of nitrogens with two attached hydrogens (primary N) is 1. The second-order valence-electron chi connectivity index (χ2n) is 7.94. The molecule has 10 heteroatoms. The normalized spacial score (nSPS) is 19.4. The Labute approximate surface area is 182 Å². The molecule has 0 spiro atoms. The van der Waals surface area contributed by atoms with Gasteiger partial charge < -0.3 is 16.4 Å². The van der Waals surface area contributed by atoms with E-state index in [0.29, 0.717) is 24.3 Å². The summed E-state index contributed by atoms with van der Waals surface area (Å²) < 4.78 is 28.9. The van der Waals surface area contributed by atoms with Gasteiger partial charge in [0.2, 0.25) is 10.0 Å². The largest absolute Gasteiger partial charge is 0.366 e. The summed E-state index contributed by atoms with van der Waals surface area (Å²) in [6.07, 6.45) is 8.32. The fourth-order valence-electron chi connectivity index (χ4n) is 3.74. The maximum absolute atomic E-state index is 12.3. The van der Waals surface area contributed by atoms with Crippen LogP contribution in [0.15, 0.2) is 47.6 Å². The van der Waals surface area contributed by atoms with Crippen LogP contribution in [0.5, 0.6) is 0 Å². The Bertz CT molecular complexity index is 1120. The maximum atomic E-state index is 12.3. The molecule has 0 saturated heterocycles. The van der Waals surface area contributed by atoms with Gasteiger partial charge in [0.05, 0.1) is 10.6 Å². The fraction of sp³-hybridized carbons (Fsp3) is 0.429. The number of aromatic nitrogens is 3. The molecule has 1 saturated carbocycles. The number of sulfonamides is 1. The number of benzene rings is 1. The van der Waals surface area contributed by atoms with Gasteiger partial charge in [-0.1, -0.05) is 6.92 Å². The highest BCUT2D eigenvalue weighted by Crippen LogP contribution is 2.26. The minimum Gasteiger partial charge on any atom is -0.366 e. The summed E-state index contributed by atoms with van der Waals surface area (Å²) in [4.78, 5) is 4.63. The predicted molar refractivity (Wildman–Crippen MR) is 122 cm³/mol. The zero-order valence-electron chi connectivity index (χ0n) is 17.6. The number of hydrogen-bond donors (Lipinski definition) is 4. The summed E-state index contributed by atoms with van der Waals surface area (Å²) >= 11 is 0. The molecular weight excluding hydrogens is 414 g/mol. The average molecular weight is 444 g/mol. The number of imidazole rings is 1. The van der Waals surface area contributed by atoms with E-state index >= 15 is 0 Å². The van der Waals surface area contributed by atoms with Crippen molar-refractivity contribution in [3.63, 3.8) is 0 Å². The third kappa shape index (κ3) is 5.15. The molecule has 4 rings (SSSR count). The Morgan fingerprint density at radius 1 is 1.16 bits per heavy atom. The van der Waals surface area contributed by atoms with Gasteiger partial charge in [0.15, 0.2) is 5.65 Å². The summed E-state index contributed by atoms with van der Waals surface area (Å²) in [7, 11) is -3.49. The second kappa shape index (κ2) is 9.21. The molecule has 31 heavy (non-hydrogen) atoms. The van der Waals surface area contributed by atoms with Crippen molar-refractivity contribution in [2.75, 3.05) is 17.2 Å². The Hall–Kier alpha value is -2.69. The van der Waals surface area contributed by atoms with Crippen molar-refractivity contribution in [2.24, 2.45) is 5.73 Å². The van der Waals surface area contributed by atoms with E-state index < -0.39 is 10.0 Å². The van der Waals surface area contributed by atoms with E-state index in [4.69, 9.17) is 5.73 Å². The minimum absolute atomic E-state index is 0.241. The Balaban J connectivity index is 1.53. The van der Waals surface area contributed by atoms with Crippen molar-refractivity contribution in [3.8, 4) is 0 Å². The van der Waals surface area contributed by atoms with Gasteiger partial charge in [0.25, 0.3) is 0 Å². The summed E-state index contributed by atoms with van der Waals surface area (Å²) in [5.74, 6) is 0.761. The van der Waals surface area contributed by atoms with Crippen molar-refractivity contribution >= 4 is 32.9 Å². The maximum Gasteiger partial charge on any atom is 0.240 e. The van der Waals surface area contributed by atoms with Gasteiger partial charge >= 0.3 is 0 Å². The molecule has 166 valence electrons. The van der Waals surface area contributed by atoms with E-state index in [9.17, 15) is 8.42 Å². The van der Waals surface area contributed by atoms with E-state index in [2.05, 4.69) is 25.4 Å². The van der Waals surface area contributed by atoms with Gasteiger partial charge in [0, 0.05) is 42.8 Å². The van der Waals surface area contributed by atoms with Crippen LogP contribution in [0.3, 0.4) is 0 Å². The smallest absolute Gasteiger partial charge is 0.240 e.